The second-order valence-electron chi connectivity index (χ2n) is 8.59. The van der Waals surface area contributed by atoms with Crippen LogP contribution in [0.25, 0.3) is 0 Å². The minimum atomic E-state index is -4.04. The van der Waals surface area contributed by atoms with Crippen molar-refractivity contribution in [2.75, 3.05) is 0 Å². The van der Waals surface area contributed by atoms with E-state index in [1.54, 1.807) is 0 Å². The first-order valence-electron chi connectivity index (χ1n) is 10.8. The van der Waals surface area contributed by atoms with Crippen molar-refractivity contribution in [2.45, 2.75) is 55.3 Å². The SMILES string of the molecule is NS(=O)(=O)c1cc(C(=O)NC2CCC3NC(C(=O)OCc4ccccc4)CC3C2)ccc1Cl. The zero-order valence-electron chi connectivity index (χ0n) is 17.9. The minimum absolute atomic E-state index is 0.0308. The van der Waals surface area contributed by atoms with E-state index in [-0.39, 0.29) is 58.0 Å². The third kappa shape index (κ3) is 5.73. The molecule has 2 aromatic rings. The molecule has 8 nitrogen and oxygen atoms in total. The number of carbonyl (C=O) groups excluding carboxylic acids is 2. The lowest BCUT2D eigenvalue weighted by Gasteiger charge is -2.32. The van der Waals surface area contributed by atoms with Crippen molar-refractivity contribution in [3.63, 3.8) is 0 Å². The van der Waals surface area contributed by atoms with Gasteiger partial charge in [-0.2, -0.15) is 0 Å². The minimum Gasteiger partial charge on any atom is -0.460 e. The molecule has 1 amide bonds. The molecule has 176 valence electrons. The van der Waals surface area contributed by atoms with E-state index < -0.39 is 10.0 Å². The molecule has 4 atom stereocenters. The summed E-state index contributed by atoms with van der Waals surface area (Å²) in [6, 6.07) is 13.3. The molecule has 2 aliphatic rings. The van der Waals surface area contributed by atoms with Gasteiger partial charge in [-0.25, -0.2) is 13.6 Å². The lowest BCUT2D eigenvalue weighted by Crippen LogP contribution is -2.44. The fourth-order valence-electron chi connectivity index (χ4n) is 4.63. The van der Waals surface area contributed by atoms with Crippen LogP contribution in [0.15, 0.2) is 53.4 Å². The van der Waals surface area contributed by atoms with E-state index in [2.05, 4.69) is 10.6 Å². The van der Waals surface area contributed by atoms with Crippen molar-refractivity contribution in [2.24, 2.45) is 11.1 Å². The summed E-state index contributed by atoms with van der Waals surface area (Å²) in [5.74, 6) is -0.404. The number of amides is 1. The first-order chi connectivity index (χ1) is 15.7. The number of benzene rings is 2. The number of ether oxygens (including phenoxy) is 1. The van der Waals surface area contributed by atoms with Gasteiger partial charge in [-0.1, -0.05) is 41.9 Å². The number of halogens is 1. The van der Waals surface area contributed by atoms with Gasteiger partial charge in [-0.05, 0) is 55.4 Å². The van der Waals surface area contributed by atoms with Crippen LogP contribution in [-0.4, -0.2) is 38.4 Å². The Kier molecular flexibility index (Phi) is 7.04. The highest BCUT2D eigenvalue weighted by molar-refractivity contribution is 7.89. The highest BCUT2D eigenvalue weighted by atomic mass is 35.5. The molecule has 2 aromatic carbocycles. The second-order valence-corrected chi connectivity index (χ2v) is 10.5. The highest BCUT2D eigenvalue weighted by Gasteiger charge is 2.41. The highest BCUT2D eigenvalue weighted by Crippen LogP contribution is 2.34. The quantitative estimate of drug-likeness (QED) is 0.532. The van der Waals surface area contributed by atoms with Gasteiger partial charge in [0.25, 0.3) is 5.91 Å². The summed E-state index contributed by atoms with van der Waals surface area (Å²) >= 11 is 5.90. The Labute approximate surface area is 197 Å². The van der Waals surface area contributed by atoms with E-state index in [9.17, 15) is 18.0 Å². The second kappa shape index (κ2) is 9.80. The molecule has 4 unspecified atom stereocenters. The number of hydrogen-bond donors (Lipinski definition) is 3. The van der Waals surface area contributed by atoms with Crippen LogP contribution in [0.2, 0.25) is 5.02 Å². The summed E-state index contributed by atoms with van der Waals surface area (Å²) in [7, 11) is -4.04. The van der Waals surface area contributed by atoms with Crippen molar-refractivity contribution in [1.82, 2.24) is 10.6 Å². The molecule has 10 heteroatoms. The Bertz CT molecular complexity index is 1140. The maximum atomic E-state index is 12.7. The number of fused-ring (bicyclic) bond motifs is 1. The van der Waals surface area contributed by atoms with E-state index in [0.29, 0.717) is 6.42 Å². The van der Waals surface area contributed by atoms with Crippen molar-refractivity contribution in [1.29, 1.82) is 0 Å². The van der Waals surface area contributed by atoms with Gasteiger partial charge in [0.05, 0.1) is 5.02 Å². The number of rotatable bonds is 6. The standard InChI is InChI=1S/C23H26ClN3O5S/c24-18-8-6-15(12-21(18)33(25,30)31)22(28)26-17-7-9-19-16(10-17)11-20(27-19)23(29)32-13-14-4-2-1-3-5-14/h1-6,8,12,16-17,19-20,27H,7,9-11,13H2,(H,26,28)(H2,25,30,31). The Hall–Kier alpha value is -2.46. The smallest absolute Gasteiger partial charge is 0.323 e. The van der Waals surface area contributed by atoms with E-state index >= 15 is 0 Å². The van der Waals surface area contributed by atoms with Gasteiger partial charge in [0.15, 0.2) is 0 Å². The van der Waals surface area contributed by atoms with Gasteiger partial charge in [-0.3, -0.25) is 9.59 Å². The van der Waals surface area contributed by atoms with Gasteiger partial charge in [0, 0.05) is 17.6 Å². The summed E-state index contributed by atoms with van der Waals surface area (Å²) in [6.45, 7) is 0.244. The van der Waals surface area contributed by atoms with Gasteiger partial charge >= 0.3 is 5.97 Å². The Morgan fingerprint density at radius 3 is 2.61 bits per heavy atom. The van der Waals surface area contributed by atoms with Crippen molar-refractivity contribution >= 4 is 33.5 Å². The van der Waals surface area contributed by atoms with Crippen LogP contribution in [-0.2, 0) is 26.2 Å². The molecule has 1 aliphatic carbocycles. The molecular weight excluding hydrogens is 466 g/mol. The van der Waals surface area contributed by atoms with Crippen LogP contribution in [0.5, 0.6) is 0 Å². The number of nitrogens with two attached hydrogens (primary N) is 1. The number of sulfonamides is 1. The molecular formula is C23H26ClN3O5S. The molecule has 4 rings (SSSR count). The summed E-state index contributed by atoms with van der Waals surface area (Å²) < 4.78 is 28.8. The average molecular weight is 492 g/mol. The summed E-state index contributed by atoms with van der Waals surface area (Å²) in [5.41, 5.74) is 1.12. The van der Waals surface area contributed by atoms with Gasteiger partial charge < -0.3 is 15.4 Å². The van der Waals surface area contributed by atoms with Crippen molar-refractivity contribution in [3.8, 4) is 0 Å². The van der Waals surface area contributed by atoms with Gasteiger partial charge in [0.2, 0.25) is 10.0 Å². The van der Waals surface area contributed by atoms with Gasteiger partial charge in [0.1, 0.15) is 17.5 Å². The lowest BCUT2D eigenvalue weighted by molar-refractivity contribution is -0.147. The average Bonchev–Trinajstić information content (AvgIpc) is 3.21. The van der Waals surface area contributed by atoms with Crippen molar-refractivity contribution < 1.29 is 22.7 Å². The monoisotopic (exact) mass is 491 g/mol. The molecule has 1 heterocycles. The predicted molar refractivity (Wildman–Crippen MR) is 123 cm³/mol. The number of carbonyl (C=O) groups is 2. The largest absolute Gasteiger partial charge is 0.460 e. The van der Waals surface area contributed by atoms with E-state index in [4.69, 9.17) is 21.5 Å². The van der Waals surface area contributed by atoms with E-state index in [1.807, 2.05) is 30.3 Å². The summed E-state index contributed by atoms with van der Waals surface area (Å²) in [6.07, 6.45) is 2.95. The first-order valence-corrected chi connectivity index (χ1v) is 12.7. The topological polar surface area (TPSA) is 128 Å². The van der Waals surface area contributed by atoms with E-state index in [0.717, 1.165) is 24.8 Å². The fourth-order valence-corrected chi connectivity index (χ4v) is 5.70. The number of hydrogen-bond acceptors (Lipinski definition) is 6. The fraction of sp³-hybridized carbons (Fsp3) is 0.391. The number of esters is 1. The lowest BCUT2D eigenvalue weighted by atomic mass is 9.82. The molecule has 2 fully saturated rings. The predicted octanol–water partition coefficient (Wildman–Crippen LogP) is 2.36. The molecule has 1 saturated heterocycles. The molecule has 0 spiro atoms. The van der Waals surface area contributed by atoms with Crippen LogP contribution in [0, 0.1) is 5.92 Å². The Morgan fingerprint density at radius 2 is 1.88 bits per heavy atom. The van der Waals surface area contributed by atoms with Crippen LogP contribution in [0.3, 0.4) is 0 Å². The maximum absolute atomic E-state index is 12.7. The van der Waals surface area contributed by atoms with Crippen LogP contribution < -0.4 is 15.8 Å². The number of nitrogens with one attached hydrogen (secondary N) is 2. The maximum Gasteiger partial charge on any atom is 0.323 e. The normalized spacial score (nSPS) is 24.7. The van der Waals surface area contributed by atoms with Crippen molar-refractivity contribution in [3.05, 3.63) is 64.7 Å². The van der Waals surface area contributed by atoms with Crippen LogP contribution in [0.1, 0.15) is 41.6 Å². The first kappa shape index (κ1) is 23.7. The zero-order valence-corrected chi connectivity index (χ0v) is 19.4. The molecule has 0 radical (unpaired) electrons. The Balaban J connectivity index is 1.32. The van der Waals surface area contributed by atoms with E-state index in [1.165, 1.54) is 18.2 Å². The molecule has 33 heavy (non-hydrogen) atoms. The molecule has 0 bridgehead atoms. The molecule has 1 aliphatic heterocycles. The zero-order chi connectivity index (χ0) is 23.6. The molecule has 4 N–H and O–H groups in total. The third-order valence-corrected chi connectivity index (χ3v) is 7.67. The number of primary sulfonamides is 1. The van der Waals surface area contributed by atoms with Crippen LogP contribution in [0.4, 0.5) is 0 Å². The van der Waals surface area contributed by atoms with Gasteiger partial charge in [-0.15, -0.1) is 0 Å². The third-order valence-electron chi connectivity index (χ3n) is 6.28. The van der Waals surface area contributed by atoms with Crippen LogP contribution >= 0.6 is 11.6 Å². The summed E-state index contributed by atoms with van der Waals surface area (Å²) in [4.78, 5) is 25.0. The molecule has 1 saturated carbocycles. The molecule has 0 aromatic heterocycles. The Morgan fingerprint density at radius 1 is 1.12 bits per heavy atom. The summed E-state index contributed by atoms with van der Waals surface area (Å²) in [5, 5.41) is 11.5.